The van der Waals surface area contributed by atoms with Crippen molar-refractivity contribution in [2.75, 3.05) is 7.11 Å². The predicted octanol–water partition coefficient (Wildman–Crippen LogP) is 4.37. The van der Waals surface area contributed by atoms with Crippen LogP contribution in [0.1, 0.15) is 69.9 Å². The van der Waals surface area contributed by atoms with Gasteiger partial charge in [-0.25, -0.2) is 0 Å². The van der Waals surface area contributed by atoms with E-state index in [1.54, 1.807) is 7.11 Å². The summed E-state index contributed by atoms with van der Waals surface area (Å²) in [5, 5.41) is 0. The highest BCUT2D eigenvalue weighted by molar-refractivity contribution is 5.69. The van der Waals surface area contributed by atoms with E-state index in [2.05, 4.69) is 25.1 Å². The van der Waals surface area contributed by atoms with Crippen molar-refractivity contribution in [1.82, 2.24) is 0 Å². The van der Waals surface area contributed by atoms with Crippen LogP contribution in [0.4, 0.5) is 0 Å². The van der Waals surface area contributed by atoms with Gasteiger partial charge in [0.15, 0.2) is 0 Å². The fourth-order valence-electron chi connectivity index (χ4n) is 6.46. The van der Waals surface area contributed by atoms with Crippen LogP contribution in [0.5, 0.6) is 5.75 Å². The van der Waals surface area contributed by atoms with Gasteiger partial charge in [0.05, 0.1) is 7.11 Å². The van der Waals surface area contributed by atoms with Crippen LogP contribution in [0.25, 0.3) is 0 Å². The predicted molar refractivity (Wildman–Crippen MR) is 104 cm³/mol. The molecule has 3 aliphatic carbocycles. The number of carbonyl (C=O) groups excluding carboxylic acids is 2. The van der Waals surface area contributed by atoms with E-state index in [1.807, 2.05) is 0 Å². The fourth-order valence-corrected chi connectivity index (χ4v) is 6.46. The Bertz CT molecular complexity index is 784. The maximum atomic E-state index is 11.9. The number of methoxy groups -OCH3 is 1. The van der Waals surface area contributed by atoms with E-state index < -0.39 is 5.79 Å². The second kappa shape index (κ2) is 6.78. The summed E-state index contributed by atoms with van der Waals surface area (Å²) in [6.07, 6.45) is 5.55. The Balaban J connectivity index is 1.68. The molecule has 0 unspecified atom stereocenters. The molecule has 2 saturated carbocycles. The number of hydrogen-bond acceptors (Lipinski definition) is 5. The first-order valence-corrected chi connectivity index (χ1v) is 10.4. The molecular weight excluding hydrogens is 356 g/mol. The van der Waals surface area contributed by atoms with Gasteiger partial charge in [-0.1, -0.05) is 13.0 Å². The molecule has 0 heterocycles. The average molecular weight is 386 g/mol. The highest BCUT2D eigenvalue weighted by atomic mass is 16.7. The van der Waals surface area contributed by atoms with Gasteiger partial charge in [0.1, 0.15) is 5.75 Å². The lowest BCUT2D eigenvalue weighted by atomic mass is 9.55. The van der Waals surface area contributed by atoms with Crippen LogP contribution in [0, 0.1) is 17.3 Å². The van der Waals surface area contributed by atoms with Gasteiger partial charge >= 0.3 is 11.9 Å². The number of fused-ring (bicyclic) bond motifs is 5. The SMILES string of the molecule is COc1ccc2c(c1)CC[C@@H]1[C@@H]2CC[C@@]2(C)[C@H]1CCC2(OC(C)=O)OC(C)=O. The third kappa shape index (κ3) is 2.82. The molecule has 5 nitrogen and oxygen atoms in total. The first-order chi connectivity index (χ1) is 13.3. The normalized spacial score (nSPS) is 32.5. The van der Waals surface area contributed by atoms with Crippen molar-refractivity contribution in [3.05, 3.63) is 29.3 Å². The molecule has 152 valence electrons. The van der Waals surface area contributed by atoms with Crippen LogP contribution >= 0.6 is 0 Å². The van der Waals surface area contributed by atoms with Crippen molar-refractivity contribution in [3.63, 3.8) is 0 Å². The smallest absolute Gasteiger partial charge is 0.305 e. The van der Waals surface area contributed by atoms with Gasteiger partial charge in [0.25, 0.3) is 5.79 Å². The van der Waals surface area contributed by atoms with Crippen LogP contribution in [-0.2, 0) is 25.5 Å². The first-order valence-electron chi connectivity index (χ1n) is 10.4. The van der Waals surface area contributed by atoms with Crippen molar-refractivity contribution in [1.29, 1.82) is 0 Å². The van der Waals surface area contributed by atoms with Crippen LogP contribution < -0.4 is 4.74 Å². The van der Waals surface area contributed by atoms with Gasteiger partial charge in [-0.15, -0.1) is 0 Å². The molecule has 1 aromatic rings. The Morgan fingerprint density at radius 1 is 1.04 bits per heavy atom. The zero-order chi connectivity index (χ0) is 20.1. The summed E-state index contributed by atoms with van der Waals surface area (Å²) in [5.41, 5.74) is 2.50. The van der Waals surface area contributed by atoms with Gasteiger partial charge in [-0.05, 0) is 73.1 Å². The van der Waals surface area contributed by atoms with Crippen LogP contribution in [0.3, 0.4) is 0 Å². The number of benzene rings is 1. The molecule has 0 bridgehead atoms. The Kier molecular flexibility index (Phi) is 4.67. The lowest BCUT2D eigenvalue weighted by Gasteiger charge is -2.53. The number of aryl methyl sites for hydroxylation is 1. The number of hydrogen-bond donors (Lipinski definition) is 0. The Hall–Kier alpha value is -2.04. The van der Waals surface area contributed by atoms with Crippen molar-refractivity contribution >= 4 is 11.9 Å². The molecule has 0 radical (unpaired) electrons. The molecule has 0 spiro atoms. The first kappa shape index (κ1) is 19.3. The topological polar surface area (TPSA) is 61.8 Å². The minimum Gasteiger partial charge on any atom is -0.497 e. The van der Waals surface area contributed by atoms with E-state index >= 15 is 0 Å². The van der Waals surface area contributed by atoms with Crippen molar-refractivity contribution in [2.45, 2.75) is 71.0 Å². The molecule has 1 aromatic carbocycles. The number of ether oxygens (including phenoxy) is 3. The molecule has 0 N–H and O–H groups in total. The minimum absolute atomic E-state index is 0.338. The summed E-state index contributed by atoms with van der Waals surface area (Å²) < 4.78 is 16.9. The molecule has 5 heteroatoms. The lowest BCUT2D eigenvalue weighted by Crippen LogP contribution is -2.54. The molecular formula is C23H30O5. The highest BCUT2D eigenvalue weighted by Crippen LogP contribution is 2.65. The van der Waals surface area contributed by atoms with E-state index in [-0.39, 0.29) is 17.4 Å². The molecule has 4 rings (SSSR count). The van der Waals surface area contributed by atoms with E-state index in [4.69, 9.17) is 14.2 Å². The quantitative estimate of drug-likeness (QED) is 0.570. The van der Waals surface area contributed by atoms with Crippen LogP contribution in [0.15, 0.2) is 18.2 Å². The average Bonchev–Trinajstić information content (AvgIpc) is 2.92. The minimum atomic E-state index is -1.12. The summed E-state index contributed by atoms with van der Waals surface area (Å²) >= 11 is 0. The van der Waals surface area contributed by atoms with Gasteiger partial charge in [0.2, 0.25) is 0 Å². The number of esters is 2. The summed E-state index contributed by atoms with van der Waals surface area (Å²) in [6, 6.07) is 6.47. The summed E-state index contributed by atoms with van der Waals surface area (Å²) in [4.78, 5) is 23.8. The fraction of sp³-hybridized carbons (Fsp3) is 0.652. The summed E-state index contributed by atoms with van der Waals surface area (Å²) in [7, 11) is 1.71. The standard InChI is InChI=1S/C23H30O5/c1-14(24)27-23(28-15(2)25)12-10-21-20-7-5-16-13-17(26-4)6-8-18(16)19(20)9-11-22(21,23)3/h6,8,13,19-21H,5,7,9-12H2,1-4H3/t19-,20-,21+,22+/m1/s1. The lowest BCUT2D eigenvalue weighted by molar-refractivity contribution is -0.270. The molecule has 4 atom stereocenters. The molecule has 2 fully saturated rings. The van der Waals surface area contributed by atoms with Gasteiger partial charge in [0, 0.05) is 25.7 Å². The molecule has 0 amide bonds. The van der Waals surface area contributed by atoms with Gasteiger partial charge < -0.3 is 14.2 Å². The highest BCUT2D eigenvalue weighted by Gasteiger charge is 2.66. The van der Waals surface area contributed by atoms with Gasteiger partial charge in [-0.2, -0.15) is 0 Å². The van der Waals surface area contributed by atoms with Crippen molar-refractivity contribution in [3.8, 4) is 5.75 Å². The maximum absolute atomic E-state index is 11.9. The van der Waals surface area contributed by atoms with Gasteiger partial charge in [-0.3, -0.25) is 9.59 Å². The summed E-state index contributed by atoms with van der Waals surface area (Å²) in [6.45, 7) is 4.96. The zero-order valence-electron chi connectivity index (χ0n) is 17.2. The van der Waals surface area contributed by atoms with Crippen LogP contribution in [0.2, 0.25) is 0 Å². The second-order valence-corrected chi connectivity index (χ2v) is 8.92. The van der Waals surface area contributed by atoms with E-state index in [0.29, 0.717) is 24.2 Å². The molecule has 0 aromatic heterocycles. The third-order valence-corrected chi connectivity index (χ3v) is 7.60. The Morgan fingerprint density at radius 3 is 2.39 bits per heavy atom. The third-order valence-electron chi connectivity index (χ3n) is 7.60. The molecule has 28 heavy (non-hydrogen) atoms. The molecule has 0 saturated heterocycles. The summed E-state index contributed by atoms with van der Waals surface area (Å²) in [5.74, 6) is 0.437. The number of carbonyl (C=O) groups is 2. The largest absolute Gasteiger partial charge is 0.497 e. The van der Waals surface area contributed by atoms with Crippen molar-refractivity contribution < 1.29 is 23.8 Å². The number of rotatable bonds is 3. The van der Waals surface area contributed by atoms with E-state index in [9.17, 15) is 9.59 Å². The Labute approximate surface area is 166 Å². The zero-order valence-corrected chi connectivity index (χ0v) is 17.2. The Morgan fingerprint density at radius 2 is 1.75 bits per heavy atom. The maximum Gasteiger partial charge on any atom is 0.305 e. The molecule has 3 aliphatic rings. The van der Waals surface area contributed by atoms with E-state index in [1.165, 1.54) is 25.0 Å². The molecule has 0 aliphatic heterocycles. The van der Waals surface area contributed by atoms with Crippen molar-refractivity contribution in [2.24, 2.45) is 17.3 Å². The monoisotopic (exact) mass is 386 g/mol. The van der Waals surface area contributed by atoms with E-state index in [0.717, 1.165) is 37.9 Å². The second-order valence-electron chi connectivity index (χ2n) is 8.92. The van der Waals surface area contributed by atoms with Crippen LogP contribution in [-0.4, -0.2) is 24.8 Å².